The van der Waals surface area contributed by atoms with Gasteiger partial charge in [0.25, 0.3) is 0 Å². The van der Waals surface area contributed by atoms with Crippen LogP contribution in [-0.2, 0) is 6.54 Å². The lowest BCUT2D eigenvalue weighted by Gasteiger charge is -2.18. The molecule has 0 bridgehead atoms. The lowest BCUT2D eigenvalue weighted by atomic mass is 9.92. The zero-order valence-electron chi connectivity index (χ0n) is 12.0. The first-order chi connectivity index (χ1) is 7.88. The maximum absolute atomic E-state index is 4.46. The zero-order valence-corrected chi connectivity index (χ0v) is 12.0. The summed E-state index contributed by atoms with van der Waals surface area (Å²) in [6.07, 6.45) is 2.37. The van der Waals surface area contributed by atoms with E-state index in [-0.39, 0.29) is 0 Å². The topological polar surface area (TPSA) is 29.9 Å². The number of hydrogen-bond acceptors (Lipinski definition) is 2. The standard InChI is InChI=1S/C14H27N3/c1-12-11-13(2)17(16-12)10-6-8-15-9-7-14(3,4)5/h11,15H,6-10H2,1-5H3. The summed E-state index contributed by atoms with van der Waals surface area (Å²) in [7, 11) is 0. The lowest BCUT2D eigenvalue weighted by molar-refractivity contribution is 0.365. The number of rotatable bonds is 6. The van der Waals surface area contributed by atoms with Gasteiger partial charge in [0.05, 0.1) is 5.69 Å². The summed E-state index contributed by atoms with van der Waals surface area (Å²) in [5.41, 5.74) is 2.81. The lowest BCUT2D eigenvalue weighted by Crippen LogP contribution is -2.22. The minimum Gasteiger partial charge on any atom is -0.317 e. The number of aromatic nitrogens is 2. The molecule has 0 spiro atoms. The molecule has 0 aliphatic heterocycles. The molecule has 0 unspecified atom stereocenters. The van der Waals surface area contributed by atoms with E-state index >= 15 is 0 Å². The largest absolute Gasteiger partial charge is 0.317 e. The second kappa shape index (κ2) is 6.20. The van der Waals surface area contributed by atoms with Crippen LogP contribution >= 0.6 is 0 Å². The fourth-order valence-corrected chi connectivity index (χ4v) is 1.84. The minimum atomic E-state index is 0.433. The van der Waals surface area contributed by atoms with Crippen LogP contribution < -0.4 is 5.32 Å². The fourth-order valence-electron chi connectivity index (χ4n) is 1.84. The van der Waals surface area contributed by atoms with Crippen molar-refractivity contribution >= 4 is 0 Å². The normalized spacial score (nSPS) is 12.1. The summed E-state index contributed by atoms with van der Waals surface area (Å²) >= 11 is 0. The Labute approximate surface area is 106 Å². The van der Waals surface area contributed by atoms with Gasteiger partial charge in [-0.3, -0.25) is 4.68 Å². The van der Waals surface area contributed by atoms with Crippen LogP contribution in [0.4, 0.5) is 0 Å². The van der Waals surface area contributed by atoms with E-state index in [2.05, 4.69) is 48.9 Å². The fraction of sp³-hybridized carbons (Fsp3) is 0.786. The van der Waals surface area contributed by atoms with Gasteiger partial charge in [-0.2, -0.15) is 5.10 Å². The highest BCUT2D eigenvalue weighted by atomic mass is 15.3. The first kappa shape index (κ1) is 14.2. The van der Waals surface area contributed by atoms with Crippen molar-refractivity contribution in [3.8, 4) is 0 Å². The van der Waals surface area contributed by atoms with Gasteiger partial charge >= 0.3 is 0 Å². The van der Waals surface area contributed by atoms with Crippen LogP contribution in [0.15, 0.2) is 6.07 Å². The maximum atomic E-state index is 4.46. The van der Waals surface area contributed by atoms with Crippen LogP contribution in [0.1, 0.15) is 45.0 Å². The van der Waals surface area contributed by atoms with E-state index in [0.717, 1.165) is 31.7 Å². The molecule has 1 N–H and O–H groups in total. The molecule has 3 nitrogen and oxygen atoms in total. The van der Waals surface area contributed by atoms with Crippen molar-refractivity contribution in [2.75, 3.05) is 13.1 Å². The van der Waals surface area contributed by atoms with Gasteiger partial charge in [-0.1, -0.05) is 20.8 Å². The van der Waals surface area contributed by atoms with E-state index in [9.17, 15) is 0 Å². The Hall–Kier alpha value is -0.830. The van der Waals surface area contributed by atoms with Gasteiger partial charge in [-0.05, 0) is 51.3 Å². The van der Waals surface area contributed by atoms with E-state index in [1.54, 1.807) is 0 Å². The molecule has 0 fully saturated rings. The van der Waals surface area contributed by atoms with Crippen molar-refractivity contribution in [3.05, 3.63) is 17.5 Å². The second-order valence-electron chi connectivity index (χ2n) is 6.06. The Bertz CT molecular complexity index is 334. The first-order valence-electron chi connectivity index (χ1n) is 6.60. The van der Waals surface area contributed by atoms with Crippen LogP contribution in [0.25, 0.3) is 0 Å². The highest BCUT2D eigenvalue weighted by molar-refractivity contribution is 5.06. The summed E-state index contributed by atoms with van der Waals surface area (Å²) in [5, 5.41) is 7.95. The third kappa shape index (κ3) is 5.87. The molecule has 0 atom stereocenters. The molecule has 3 heteroatoms. The molecular weight excluding hydrogens is 210 g/mol. The first-order valence-corrected chi connectivity index (χ1v) is 6.60. The van der Waals surface area contributed by atoms with Crippen LogP contribution in [0.5, 0.6) is 0 Å². The Morgan fingerprint density at radius 3 is 2.47 bits per heavy atom. The third-order valence-electron chi connectivity index (χ3n) is 2.88. The van der Waals surface area contributed by atoms with Crippen molar-refractivity contribution in [2.24, 2.45) is 5.41 Å². The molecule has 0 saturated carbocycles. The molecule has 1 rings (SSSR count). The average Bonchev–Trinajstić information content (AvgIpc) is 2.49. The summed E-state index contributed by atoms with van der Waals surface area (Å²) < 4.78 is 2.10. The van der Waals surface area contributed by atoms with Gasteiger partial charge in [-0.25, -0.2) is 0 Å². The van der Waals surface area contributed by atoms with E-state index in [0.29, 0.717) is 5.41 Å². The molecule has 1 heterocycles. The van der Waals surface area contributed by atoms with Crippen molar-refractivity contribution in [3.63, 3.8) is 0 Å². The average molecular weight is 237 g/mol. The molecule has 17 heavy (non-hydrogen) atoms. The quantitative estimate of drug-likeness (QED) is 0.771. The van der Waals surface area contributed by atoms with Crippen molar-refractivity contribution in [2.45, 2.75) is 54.0 Å². The van der Waals surface area contributed by atoms with Gasteiger partial charge < -0.3 is 5.32 Å². The summed E-state index contributed by atoms with van der Waals surface area (Å²) in [6, 6.07) is 2.13. The molecule has 1 aromatic heterocycles. The van der Waals surface area contributed by atoms with Crippen LogP contribution in [0.3, 0.4) is 0 Å². The predicted molar refractivity (Wildman–Crippen MR) is 73.3 cm³/mol. The smallest absolute Gasteiger partial charge is 0.0596 e. The van der Waals surface area contributed by atoms with Gasteiger partial charge in [0.2, 0.25) is 0 Å². The molecule has 0 aromatic carbocycles. The van der Waals surface area contributed by atoms with E-state index in [4.69, 9.17) is 0 Å². The van der Waals surface area contributed by atoms with Crippen LogP contribution in [0.2, 0.25) is 0 Å². The second-order valence-corrected chi connectivity index (χ2v) is 6.06. The summed E-state index contributed by atoms with van der Waals surface area (Å²) in [5.74, 6) is 0. The highest BCUT2D eigenvalue weighted by Gasteiger charge is 2.08. The number of hydrogen-bond donors (Lipinski definition) is 1. The maximum Gasteiger partial charge on any atom is 0.0596 e. The Kier molecular flexibility index (Phi) is 5.19. The summed E-state index contributed by atoms with van der Waals surface area (Å²) in [4.78, 5) is 0. The number of aryl methyl sites for hydroxylation is 3. The Balaban J connectivity index is 2.11. The highest BCUT2D eigenvalue weighted by Crippen LogP contribution is 2.16. The molecule has 1 aromatic rings. The van der Waals surface area contributed by atoms with Gasteiger partial charge in [0.1, 0.15) is 0 Å². The SMILES string of the molecule is Cc1cc(C)n(CCCNCCC(C)(C)C)n1. The molecule has 98 valence electrons. The summed E-state index contributed by atoms with van der Waals surface area (Å²) in [6.45, 7) is 14.2. The van der Waals surface area contributed by atoms with Gasteiger partial charge in [0, 0.05) is 12.2 Å². The van der Waals surface area contributed by atoms with E-state index in [1.165, 1.54) is 12.1 Å². The molecule has 0 saturated heterocycles. The van der Waals surface area contributed by atoms with Crippen molar-refractivity contribution in [1.29, 1.82) is 0 Å². The van der Waals surface area contributed by atoms with E-state index in [1.807, 2.05) is 6.92 Å². The zero-order chi connectivity index (χ0) is 12.9. The van der Waals surface area contributed by atoms with Crippen molar-refractivity contribution in [1.82, 2.24) is 15.1 Å². The number of nitrogens with one attached hydrogen (secondary N) is 1. The minimum absolute atomic E-state index is 0.433. The van der Waals surface area contributed by atoms with Gasteiger partial charge in [-0.15, -0.1) is 0 Å². The third-order valence-corrected chi connectivity index (χ3v) is 2.88. The Morgan fingerprint density at radius 1 is 1.24 bits per heavy atom. The van der Waals surface area contributed by atoms with Crippen LogP contribution in [-0.4, -0.2) is 22.9 Å². The van der Waals surface area contributed by atoms with Crippen molar-refractivity contribution < 1.29 is 0 Å². The predicted octanol–water partition coefficient (Wildman–Crippen LogP) is 2.92. The molecule has 0 amide bonds. The number of nitrogens with zero attached hydrogens (tertiary/aromatic N) is 2. The molecular formula is C14H27N3. The molecule has 0 radical (unpaired) electrons. The Morgan fingerprint density at radius 2 is 1.94 bits per heavy atom. The monoisotopic (exact) mass is 237 g/mol. The van der Waals surface area contributed by atoms with Crippen LogP contribution in [0, 0.1) is 19.3 Å². The molecule has 0 aliphatic carbocycles. The van der Waals surface area contributed by atoms with Gasteiger partial charge in [0.15, 0.2) is 0 Å². The molecule has 0 aliphatic rings. The van der Waals surface area contributed by atoms with E-state index < -0.39 is 0 Å².